The fraction of sp³-hybridized carbons (Fsp3) is 0.423. The molecule has 0 bridgehead atoms. The van der Waals surface area contributed by atoms with Crippen molar-refractivity contribution in [1.29, 1.82) is 0 Å². The number of nitrogens with zero attached hydrogens (tertiary/aromatic N) is 4. The van der Waals surface area contributed by atoms with E-state index in [1.54, 1.807) is 10.7 Å². The summed E-state index contributed by atoms with van der Waals surface area (Å²) in [7, 11) is 0. The lowest BCUT2D eigenvalue weighted by molar-refractivity contribution is 0.0726. The monoisotopic (exact) mass is 479 g/mol. The Bertz CT molecular complexity index is 1210. The number of hydrogen-bond acceptors (Lipinski definition) is 3. The maximum atomic E-state index is 13.1. The lowest BCUT2D eigenvalue weighted by Crippen LogP contribution is -2.40. The molecular weight excluding hydrogens is 450 g/mol. The normalized spacial score (nSPS) is 17.2. The fourth-order valence-electron chi connectivity index (χ4n) is 5.04. The third kappa shape index (κ3) is 4.49. The Kier molecular flexibility index (Phi) is 6.46. The van der Waals surface area contributed by atoms with Crippen LogP contribution in [0.1, 0.15) is 59.5 Å². The van der Waals surface area contributed by atoms with Gasteiger partial charge in [-0.15, -0.1) is 0 Å². The van der Waals surface area contributed by atoms with E-state index in [1.165, 1.54) is 12.0 Å². The Labute approximate surface area is 204 Å². The molecule has 178 valence electrons. The van der Waals surface area contributed by atoms with Gasteiger partial charge >= 0.3 is 6.03 Å². The Hall–Kier alpha value is -3.06. The van der Waals surface area contributed by atoms with Crippen LogP contribution in [0, 0.1) is 6.92 Å². The Balaban J connectivity index is 1.26. The minimum atomic E-state index is -0.0931. The number of carbonyl (C=O) groups is 2. The van der Waals surface area contributed by atoms with Gasteiger partial charge in [0.2, 0.25) is 0 Å². The SMILES string of the molecule is Cc1c(Cl)cccc1NC(=O)N1CCC(c2ccn3ncc(C(=O)N4CCCCC4)c3c2)CC1. The largest absolute Gasteiger partial charge is 0.339 e. The average molecular weight is 480 g/mol. The van der Waals surface area contributed by atoms with Crippen molar-refractivity contribution < 1.29 is 9.59 Å². The van der Waals surface area contributed by atoms with E-state index in [2.05, 4.69) is 22.5 Å². The topological polar surface area (TPSA) is 70.0 Å². The summed E-state index contributed by atoms with van der Waals surface area (Å²) >= 11 is 6.18. The van der Waals surface area contributed by atoms with Crippen LogP contribution in [-0.4, -0.2) is 57.5 Å². The van der Waals surface area contributed by atoms with Crippen molar-refractivity contribution >= 4 is 34.7 Å². The lowest BCUT2D eigenvalue weighted by Gasteiger charge is -2.32. The number of pyridine rings is 1. The van der Waals surface area contributed by atoms with E-state index in [9.17, 15) is 9.59 Å². The highest BCUT2D eigenvalue weighted by molar-refractivity contribution is 6.31. The standard InChI is InChI=1S/C26H30ClN5O2/c1-18-22(27)6-5-7-23(18)29-26(34)31-13-8-19(9-14-31)20-10-15-32-24(16-20)21(17-28-32)25(33)30-11-3-2-4-12-30/h5-7,10,15-17,19H,2-4,8-9,11-14H2,1H3,(H,29,34). The number of aromatic nitrogens is 2. The van der Waals surface area contributed by atoms with E-state index >= 15 is 0 Å². The number of piperidine rings is 2. The summed E-state index contributed by atoms with van der Waals surface area (Å²) in [5.74, 6) is 0.421. The number of benzene rings is 1. The first-order valence-corrected chi connectivity index (χ1v) is 12.5. The second-order valence-corrected chi connectivity index (χ2v) is 9.71. The lowest BCUT2D eigenvalue weighted by atomic mass is 9.89. The molecule has 0 unspecified atom stereocenters. The van der Waals surface area contributed by atoms with Gasteiger partial charge in [-0.25, -0.2) is 9.31 Å². The van der Waals surface area contributed by atoms with Gasteiger partial charge in [-0.3, -0.25) is 4.79 Å². The van der Waals surface area contributed by atoms with Gasteiger partial charge in [0, 0.05) is 43.1 Å². The fourth-order valence-corrected chi connectivity index (χ4v) is 5.21. The summed E-state index contributed by atoms with van der Waals surface area (Å²) in [6, 6.07) is 9.64. The van der Waals surface area contributed by atoms with Gasteiger partial charge in [0.15, 0.2) is 0 Å². The second kappa shape index (κ2) is 9.66. The van der Waals surface area contributed by atoms with Crippen molar-refractivity contribution in [2.45, 2.75) is 44.9 Å². The number of anilines is 1. The maximum Gasteiger partial charge on any atom is 0.321 e. The number of hydrogen-bond donors (Lipinski definition) is 1. The molecule has 2 aliphatic heterocycles. The predicted molar refractivity (Wildman–Crippen MR) is 134 cm³/mol. The molecule has 7 nitrogen and oxygen atoms in total. The van der Waals surface area contributed by atoms with Crippen LogP contribution in [-0.2, 0) is 0 Å². The van der Waals surface area contributed by atoms with Crippen LogP contribution in [0.25, 0.3) is 5.52 Å². The number of nitrogens with one attached hydrogen (secondary N) is 1. The van der Waals surface area contributed by atoms with Crippen molar-refractivity contribution in [1.82, 2.24) is 19.4 Å². The van der Waals surface area contributed by atoms with E-state index in [-0.39, 0.29) is 11.9 Å². The quantitative estimate of drug-likeness (QED) is 0.551. The zero-order chi connectivity index (χ0) is 23.7. The molecule has 1 N–H and O–H groups in total. The van der Waals surface area contributed by atoms with Crippen LogP contribution in [0.5, 0.6) is 0 Å². The maximum absolute atomic E-state index is 13.1. The van der Waals surface area contributed by atoms with Crippen LogP contribution >= 0.6 is 11.6 Å². The van der Waals surface area contributed by atoms with Crippen molar-refractivity contribution in [3.05, 3.63) is 64.4 Å². The molecule has 3 amide bonds. The zero-order valence-corrected chi connectivity index (χ0v) is 20.2. The van der Waals surface area contributed by atoms with Crippen LogP contribution in [0.15, 0.2) is 42.7 Å². The van der Waals surface area contributed by atoms with Crippen molar-refractivity contribution in [3.8, 4) is 0 Å². The molecule has 0 saturated carbocycles. The number of amides is 3. The summed E-state index contributed by atoms with van der Waals surface area (Å²) in [5, 5.41) is 8.05. The molecule has 2 aliphatic rings. The van der Waals surface area contributed by atoms with E-state index < -0.39 is 0 Å². The smallest absolute Gasteiger partial charge is 0.321 e. The van der Waals surface area contributed by atoms with Crippen LogP contribution in [0.4, 0.5) is 10.5 Å². The highest BCUT2D eigenvalue weighted by atomic mass is 35.5. The van der Waals surface area contributed by atoms with Gasteiger partial charge in [-0.2, -0.15) is 5.10 Å². The summed E-state index contributed by atoms with van der Waals surface area (Å²) in [5.41, 5.74) is 4.36. The number of urea groups is 1. The van der Waals surface area contributed by atoms with Crippen LogP contribution in [0.3, 0.4) is 0 Å². The predicted octanol–water partition coefficient (Wildman–Crippen LogP) is 5.33. The highest BCUT2D eigenvalue weighted by Crippen LogP contribution is 2.30. The summed E-state index contributed by atoms with van der Waals surface area (Å²) in [6.07, 6.45) is 8.72. The van der Waals surface area contributed by atoms with E-state index in [0.717, 1.165) is 55.5 Å². The summed E-state index contributed by atoms with van der Waals surface area (Å²) < 4.78 is 1.79. The molecule has 0 radical (unpaired) electrons. The third-order valence-corrected chi connectivity index (χ3v) is 7.59. The second-order valence-electron chi connectivity index (χ2n) is 9.30. The first-order chi connectivity index (χ1) is 16.5. The third-order valence-electron chi connectivity index (χ3n) is 7.18. The molecule has 2 saturated heterocycles. The van der Waals surface area contributed by atoms with E-state index in [4.69, 9.17) is 11.6 Å². The number of likely N-dealkylation sites (tertiary alicyclic amines) is 2. The molecule has 0 spiro atoms. The molecule has 2 fully saturated rings. The van der Waals surface area contributed by atoms with E-state index in [0.29, 0.717) is 29.6 Å². The van der Waals surface area contributed by atoms with Gasteiger partial charge in [-0.1, -0.05) is 17.7 Å². The van der Waals surface area contributed by atoms with Gasteiger partial charge < -0.3 is 15.1 Å². The van der Waals surface area contributed by atoms with Gasteiger partial charge in [0.25, 0.3) is 5.91 Å². The minimum Gasteiger partial charge on any atom is -0.339 e. The molecule has 2 aromatic heterocycles. The summed E-state index contributed by atoms with van der Waals surface area (Å²) in [6.45, 7) is 4.91. The van der Waals surface area contributed by atoms with Crippen LogP contribution < -0.4 is 5.32 Å². The molecule has 1 aromatic carbocycles. The minimum absolute atomic E-state index is 0.0784. The molecule has 8 heteroatoms. The van der Waals surface area contributed by atoms with E-state index in [1.807, 2.05) is 41.1 Å². The van der Waals surface area contributed by atoms with Crippen molar-refractivity contribution in [2.75, 3.05) is 31.5 Å². The number of fused-ring (bicyclic) bond motifs is 1. The zero-order valence-electron chi connectivity index (χ0n) is 19.5. The molecule has 0 aliphatic carbocycles. The van der Waals surface area contributed by atoms with Gasteiger partial charge in [0.05, 0.1) is 17.3 Å². The first-order valence-electron chi connectivity index (χ1n) is 12.1. The molecule has 3 aromatic rings. The average Bonchev–Trinajstić information content (AvgIpc) is 3.30. The number of carbonyl (C=O) groups excluding carboxylic acids is 2. The first kappa shape index (κ1) is 22.7. The number of halogens is 1. The summed E-state index contributed by atoms with van der Waals surface area (Å²) in [4.78, 5) is 29.7. The van der Waals surface area contributed by atoms with Gasteiger partial charge in [-0.05, 0) is 80.3 Å². The molecule has 0 atom stereocenters. The Morgan fingerprint density at radius 2 is 1.79 bits per heavy atom. The number of rotatable bonds is 3. The molecule has 34 heavy (non-hydrogen) atoms. The van der Waals surface area contributed by atoms with Gasteiger partial charge in [0.1, 0.15) is 0 Å². The molecule has 4 heterocycles. The molecular formula is C26H30ClN5O2. The van der Waals surface area contributed by atoms with Crippen molar-refractivity contribution in [3.63, 3.8) is 0 Å². The Morgan fingerprint density at radius 3 is 2.56 bits per heavy atom. The highest BCUT2D eigenvalue weighted by Gasteiger charge is 2.26. The molecule has 5 rings (SSSR count). The van der Waals surface area contributed by atoms with Crippen molar-refractivity contribution in [2.24, 2.45) is 0 Å². The van der Waals surface area contributed by atoms with Crippen LogP contribution in [0.2, 0.25) is 5.02 Å². The Morgan fingerprint density at radius 1 is 1.03 bits per heavy atom.